The Kier molecular flexibility index (Phi) is 6.33. The van der Waals surface area contributed by atoms with Crippen molar-refractivity contribution in [3.8, 4) is 16.9 Å². The second-order valence-electron chi connectivity index (χ2n) is 9.58. The van der Waals surface area contributed by atoms with Crippen LogP contribution in [0, 0.1) is 0 Å². The van der Waals surface area contributed by atoms with Crippen LogP contribution in [0.15, 0.2) is 102 Å². The highest BCUT2D eigenvalue weighted by Crippen LogP contribution is 2.35. The van der Waals surface area contributed by atoms with Crippen molar-refractivity contribution in [2.75, 3.05) is 0 Å². The molecular weight excluding hydrogens is 426 g/mol. The Bertz CT molecular complexity index is 1460. The third-order valence-electron chi connectivity index (χ3n) is 6.46. The molecule has 0 unspecified atom stereocenters. The maximum absolute atomic E-state index is 5.04. The van der Waals surface area contributed by atoms with Crippen molar-refractivity contribution in [3.63, 3.8) is 0 Å². The first-order valence-corrected chi connectivity index (χ1v) is 12.3. The van der Waals surface area contributed by atoms with Gasteiger partial charge in [-0.15, -0.1) is 0 Å². The summed E-state index contributed by atoms with van der Waals surface area (Å²) in [5, 5.41) is 7.41. The van der Waals surface area contributed by atoms with Crippen LogP contribution in [0.4, 0.5) is 5.69 Å². The molecular formula is C32H31N3. The minimum Gasteiger partial charge on any atom is -0.254 e. The minimum absolute atomic E-state index is 0.397. The third kappa shape index (κ3) is 4.54. The lowest BCUT2D eigenvalue weighted by atomic mass is 9.93. The Labute approximate surface area is 207 Å². The first-order valence-electron chi connectivity index (χ1n) is 12.3. The summed E-state index contributed by atoms with van der Waals surface area (Å²) < 4.78 is 2.05. The summed E-state index contributed by atoms with van der Waals surface area (Å²) in [6, 6.07) is 33.9. The van der Waals surface area contributed by atoms with E-state index in [1.165, 1.54) is 21.9 Å². The average molecular weight is 458 g/mol. The zero-order chi connectivity index (χ0) is 24.4. The standard InChI is InChI=1S/C32H31N3/c1-22(2)27-17-11-18-28(23(3)4)32(27)33-21-26-20-31(25-13-6-5-7-14-25)35(34-26)30-19-10-15-24-12-8-9-16-29(24)30/h5-23H,1-4H3. The summed E-state index contributed by atoms with van der Waals surface area (Å²) in [6.45, 7) is 8.89. The highest BCUT2D eigenvalue weighted by atomic mass is 15.3. The number of para-hydroxylation sites is 1. The SMILES string of the molecule is CC(C)c1cccc(C(C)C)c1N=Cc1cc(-c2ccccc2)n(-c2cccc3ccccc23)n1. The summed E-state index contributed by atoms with van der Waals surface area (Å²) in [7, 11) is 0. The molecule has 1 heterocycles. The quantitative estimate of drug-likeness (QED) is 0.235. The van der Waals surface area contributed by atoms with Gasteiger partial charge in [0, 0.05) is 10.9 Å². The van der Waals surface area contributed by atoms with E-state index in [1.807, 2.05) is 12.3 Å². The first kappa shape index (κ1) is 22.8. The van der Waals surface area contributed by atoms with Crippen molar-refractivity contribution in [2.24, 2.45) is 4.99 Å². The monoisotopic (exact) mass is 457 g/mol. The van der Waals surface area contributed by atoms with Gasteiger partial charge in [-0.05, 0) is 40.5 Å². The van der Waals surface area contributed by atoms with Crippen molar-refractivity contribution in [2.45, 2.75) is 39.5 Å². The molecule has 0 spiro atoms. The maximum atomic E-state index is 5.04. The molecule has 3 heteroatoms. The molecule has 0 saturated carbocycles. The van der Waals surface area contributed by atoms with Gasteiger partial charge in [0.25, 0.3) is 0 Å². The number of benzene rings is 4. The number of hydrogen-bond donors (Lipinski definition) is 0. The Hall–Kier alpha value is -3.98. The molecule has 1 aromatic heterocycles. The zero-order valence-electron chi connectivity index (χ0n) is 20.8. The van der Waals surface area contributed by atoms with Gasteiger partial charge in [0.05, 0.1) is 23.3 Å². The van der Waals surface area contributed by atoms with Gasteiger partial charge in [-0.2, -0.15) is 5.10 Å². The van der Waals surface area contributed by atoms with E-state index in [0.717, 1.165) is 28.3 Å². The van der Waals surface area contributed by atoms with Gasteiger partial charge >= 0.3 is 0 Å². The molecule has 0 aliphatic carbocycles. The molecule has 4 aromatic carbocycles. The fraction of sp³-hybridized carbons (Fsp3) is 0.188. The lowest BCUT2D eigenvalue weighted by Gasteiger charge is -2.16. The van der Waals surface area contributed by atoms with E-state index in [9.17, 15) is 0 Å². The average Bonchev–Trinajstić information content (AvgIpc) is 3.31. The van der Waals surface area contributed by atoms with Crippen LogP contribution in [0.1, 0.15) is 56.4 Å². The molecule has 3 nitrogen and oxygen atoms in total. The summed E-state index contributed by atoms with van der Waals surface area (Å²) in [6.07, 6.45) is 1.92. The molecule has 0 saturated heterocycles. The highest BCUT2D eigenvalue weighted by Gasteiger charge is 2.15. The molecule has 0 aliphatic heterocycles. The second-order valence-corrected chi connectivity index (χ2v) is 9.58. The van der Waals surface area contributed by atoms with Gasteiger partial charge in [0.2, 0.25) is 0 Å². The van der Waals surface area contributed by atoms with Crippen LogP contribution in [0.25, 0.3) is 27.7 Å². The van der Waals surface area contributed by atoms with Crippen LogP contribution < -0.4 is 0 Å². The molecule has 0 amide bonds. The molecule has 0 N–H and O–H groups in total. The fourth-order valence-corrected chi connectivity index (χ4v) is 4.65. The number of fused-ring (bicyclic) bond motifs is 1. The van der Waals surface area contributed by atoms with Crippen LogP contribution >= 0.6 is 0 Å². The molecule has 174 valence electrons. The molecule has 0 fully saturated rings. The summed E-state index contributed by atoms with van der Waals surface area (Å²) in [4.78, 5) is 5.02. The Morgan fingerprint density at radius 2 is 1.34 bits per heavy atom. The van der Waals surface area contributed by atoms with Crippen molar-refractivity contribution in [1.29, 1.82) is 0 Å². The molecule has 35 heavy (non-hydrogen) atoms. The number of aromatic nitrogens is 2. The van der Waals surface area contributed by atoms with Crippen molar-refractivity contribution in [1.82, 2.24) is 9.78 Å². The van der Waals surface area contributed by atoms with E-state index >= 15 is 0 Å². The smallest absolute Gasteiger partial charge is 0.104 e. The van der Waals surface area contributed by atoms with Crippen LogP contribution in [-0.2, 0) is 0 Å². The van der Waals surface area contributed by atoms with E-state index in [-0.39, 0.29) is 0 Å². The molecule has 0 bridgehead atoms. The predicted molar refractivity (Wildman–Crippen MR) is 148 cm³/mol. The Morgan fingerprint density at radius 3 is 2.06 bits per heavy atom. The maximum Gasteiger partial charge on any atom is 0.104 e. The topological polar surface area (TPSA) is 30.2 Å². The Morgan fingerprint density at radius 1 is 0.714 bits per heavy atom. The van der Waals surface area contributed by atoms with Gasteiger partial charge in [-0.3, -0.25) is 4.99 Å². The molecule has 0 aliphatic rings. The van der Waals surface area contributed by atoms with Crippen molar-refractivity contribution in [3.05, 3.63) is 114 Å². The number of aliphatic imine (C=N–C) groups is 1. The minimum atomic E-state index is 0.397. The van der Waals surface area contributed by atoms with E-state index in [1.54, 1.807) is 0 Å². The predicted octanol–water partition coefficient (Wildman–Crippen LogP) is 8.69. The van der Waals surface area contributed by atoms with Crippen molar-refractivity contribution >= 4 is 22.7 Å². The largest absolute Gasteiger partial charge is 0.254 e. The lowest BCUT2D eigenvalue weighted by molar-refractivity contribution is 0.835. The van der Waals surface area contributed by atoms with Crippen molar-refractivity contribution < 1.29 is 0 Å². The van der Waals surface area contributed by atoms with Gasteiger partial charge < -0.3 is 0 Å². The van der Waals surface area contributed by atoms with E-state index in [2.05, 4.69) is 123 Å². The summed E-state index contributed by atoms with van der Waals surface area (Å²) >= 11 is 0. The van der Waals surface area contributed by atoms with E-state index < -0.39 is 0 Å². The highest BCUT2D eigenvalue weighted by molar-refractivity contribution is 5.91. The third-order valence-corrected chi connectivity index (χ3v) is 6.46. The van der Waals surface area contributed by atoms with Crippen LogP contribution in [0.5, 0.6) is 0 Å². The molecule has 0 atom stereocenters. The van der Waals surface area contributed by atoms with Crippen LogP contribution in [0.2, 0.25) is 0 Å². The molecule has 5 rings (SSSR count). The number of hydrogen-bond acceptors (Lipinski definition) is 2. The number of nitrogens with zero attached hydrogens (tertiary/aromatic N) is 3. The summed E-state index contributed by atoms with van der Waals surface area (Å²) in [5.41, 5.74) is 7.67. The molecule has 5 aromatic rings. The first-order chi connectivity index (χ1) is 17.0. The van der Waals surface area contributed by atoms with Crippen LogP contribution in [-0.4, -0.2) is 16.0 Å². The van der Waals surface area contributed by atoms with Gasteiger partial charge in [0.15, 0.2) is 0 Å². The van der Waals surface area contributed by atoms with Gasteiger partial charge in [-0.25, -0.2) is 4.68 Å². The normalized spacial score (nSPS) is 11.8. The zero-order valence-corrected chi connectivity index (χ0v) is 20.8. The van der Waals surface area contributed by atoms with E-state index in [0.29, 0.717) is 11.8 Å². The van der Waals surface area contributed by atoms with Gasteiger partial charge in [-0.1, -0.05) is 113 Å². The van der Waals surface area contributed by atoms with Gasteiger partial charge in [0.1, 0.15) is 5.69 Å². The lowest BCUT2D eigenvalue weighted by Crippen LogP contribution is -2.01. The number of rotatable bonds is 6. The summed E-state index contributed by atoms with van der Waals surface area (Å²) in [5.74, 6) is 0.794. The van der Waals surface area contributed by atoms with Crippen LogP contribution in [0.3, 0.4) is 0 Å². The fourth-order valence-electron chi connectivity index (χ4n) is 4.65. The second kappa shape index (κ2) is 9.71. The van der Waals surface area contributed by atoms with E-state index in [4.69, 9.17) is 10.1 Å². The Balaban J connectivity index is 1.67. The molecule has 0 radical (unpaired) electrons.